The van der Waals surface area contributed by atoms with Crippen molar-refractivity contribution in [2.45, 2.75) is 26.4 Å². The van der Waals surface area contributed by atoms with Gasteiger partial charge in [-0.05, 0) is 19.4 Å². The average Bonchev–Trinajstić information content (AvgIpc) is 2.44. The number of benzene rings is 1. The Kier molecular flexibility index (Phi) is 5.79. The van der Waals surface area contributed by atoms with Gasteiger partial charge in [-0.25, -0.2) is 4.79 Å². The summed E-state index contributed by atoms with van der Waals surface area (Å²) in [6, 6.07) is 3.34. The highest BCUT2D eigenvalue weighted by atomic mass is 16.6. The fraction of sp³-hybridized carbons (Fsp3) is 0.385. The van der Waals surface area contributed by atoms with Crippen LogP contribution in [-0.2, 0) is 16.1 Å². The van der Waals surface area contributed by atoms with E-state index in [0.29, 0.717) is 0 Å². The summed E-state index contributed by atoms with van der Waals surface area (Å²) in [5.74, 6) is -1.86. The summed E-state index contributed by atoms with van der Waals surface area (Å²) >= 11 is 0. The summed E-state index contributed by atoms with van der Waals surface area (Å²) < 4.78 is 4.81. The number of carbonyl (C=O) groups is 2. The van der Waals surface area contributed by atoms with Crippen LogP contribution in [0.1, 0.15) is 29.8 Å². The minimum atomic E-state index is -1.39. The van der Waals surface area contributed by atoms with Crippen LogP contribution in [-0.4, -0.2) is 34.6 Å². The van der Waals surface area contributed by atoms with E-state index in [0.717, 1.165) is 6.07 Å². The number of nitro groups is 1. The second-order valence-electron chi connectivity index (χ2n) is 4.23. The fourth-order valence-electron chi connectivity index (χ4n) is 1.75. The Morgan fingerprint density at radius 2 is 2.14 bits per heavy atom. The van der Waals surface area contributed by atoms with Crippen molar-refractivity contribution in [1.29, 1.82) is 0 Å². The molecular weight excluding hydrogens is 280 g/mol. The molecule has 0 bridgehead atoms. The molecule has 0 radical (unpaired) electrons. The molecule has 114 valence electrons. The standard InChI is InChI=1S/C13H16N2O6/c1-3-21-13(18)8(2)14-7-9-5-4-6-10(15(19)20)11(9)12(16)17/h4-6,8,14H,3,7H2,1-2H3,(H,16,17). The zero-order valence-corrected chi connectivity index (χ0v) is 11.7. The number of nitrogens with one attached hydrogen (secondary N) is 1. The Bertz CT molecular complexity index is 558. The molecule has 1 rings (SSSR count). The Morgan fingerprint density at radius 3 is 2.67 bits per heavy atom. The first-order chi connectivity index (χ1) is 9.88. The molecule has 1 unspecified atom stereocenters. The third-order valence-electron chi connectivity index (χ3n) is 2.78. The maximum Gasteiger partial charge on any atom is 0.343 e. The maximum absolute atomic E-state index is 11.4. The molecule has 1 atom stereocenters. The van der Waals surface area contributed by atoms with Gasteiger partial charge < -0.3 is 15.2 Å². The maximum atomic E-state index is 11.4. The second-order valence-corrected chi connectivity index (χ2v) is 4.23. The number of ether oxygens (including phenoxy) is 1. The van der Waals surface area contributed by atoms with E-state index in [1.165, 1.54) is 12.1 Å². The van der Waals surface area contributed by atoms with Crippen molar-refractivity contribution in [3.8, 4) is 0 Å². The number of nitro benzene ring substituents is 1. The summed E-state index contributed by atoms with van der Waals surface area (Å²) in [7, 11) is 0. The molecule has 21 heavy (non-hydrogen) atoms. The number of nitrogens with zero attached hydrogens (tertiary/aromatic N) is 1. The lowest BCUT2D eigenvalue weighted by atomic mass is 10.1. The molecule has 0 aliphatic carbocycles. The van der Waals surface area contributed by atoms with E-state index >= 15 is 0 Å². The predicted octanol–water partition coefficient (Wildman–Crippen LogP) is 1.33. The molecule has 8 heteroatoms. The number of esters is 1. The van der Waals surface area contributed by atoms with Crippen LogP contribution in [0.15, 0.2) is 18.2 Å². The number of carboxylic acids is 1. The van der Waals surface area contributed by atoms with Crippen LogP contribution < -0.4 is 5.32 Å². The van der Waals surface area contributed by atoms with Crippen LogP contribution >= 0.6 is 0 Å². The minimum Gasteiger partial charge on any atom is -0.477 e. The summed E-state index contributed by atoms with van der Waals surface area (Å²) in [4.78, 5) is 32.8. The van der Waals surface area contributed by atoms with Gasteiger partial charge in [0.1, 0.15) is 11.6 Å². The largest absolute Gasteiger partial charge is 0.477 e. The number of aromatic carboxylic acids is 1. The van der Waals surface area contributed by atoms with E-state index in [9.17, 15) is 19.7 Å². The average molecular weight is 296 g/mol. The van der Waals surface area contributed by atoms with Crippen molar-refractivity contribution in [1.82, 2.24) is 5.32 Å². The van der Waals surface area contributed by atoms with Crippen LogP contribution in [0.3, 0.4) is 0 Å². The van der Waals surface area contributed by atoms with Crippen molar-refractivity contribution in [2.24, 2.45) is 0 Å². The zero-order valence-electron chi connectivity index (χ0n) is 11.7. The van der Waals surface area contributed by atoms with Gasteiger partial charge in [-0.2, -0.15) is 0 Å². The lowest BCUT2D eigenvalue weighted by molar-refractivity contribution is -0.385. The molecule has 8 nitrogen and oxygen atoms in total. The van der Waals surface area contributed by atoms with Gasteiger partial charge in [0.2, 0.25) is 0 Å². The molecule has 0 amide bonds. The molecule has 0 aliphatic rings. The van der Waals surface area contributed by atoms with Gasteiger partial charge >= 0.3 is 11.9 Å². The second kappa shape index (κ2) is 7.34. The van der Waals surface area contributed by atoms with E-state index in [1.54, 1.807) is 13.8 Å². The number of rotatable bonds is 7. The molecule has 0 saturated carbocycles. The highest BCUT2D eigenvalue weighted by Gasteiger charge is 2.24. The molecule has 0 fully saturated rings. The topological polar surface area (TPSA) is 119 Å². The van der Waals surface area contributed by atoms with Gasteiger partial charge in [0.05, 0.1) is 11.5 Å². The normalized spacial score (nSPS) is 11.7. The van der Waals surface area contributed by atoms with Gasteiger partial charge in [-0.15, -0.1) is 0 Å². The van der Waals surface area contributed by atoms with Crippen LogP contribution in [0.25, 0.3) is 0 Å². The minimum absolute atomic E-state index is 0.00327. The van der Waals surface area contributed by atoms with E-state index in [1.807, 2.05) is 0 Å². The van der Waals surface area contributed by atoms with Gasteiger partial charge in [-0.1, -0.05) is 12.1 Å². The van der Waals surface area contributed by atoms with Gasteiger partial charge in [-0.3, -0.25) is 14.9 Å². The monoisotopic (exact) mass is 296 g/mol. The molecule has 0 saturated heterocycles. The zero-order chi connectivity index (χ0) is 16.0. The fourth-order valence-corrected chi connectivity index (χ4v) is 1.75. The van der Waals surface area contributed by atoms with Gasteiger partial charge in [0, 0.05) is 12.6 Å². The van der Waals surface area contributed by atoms with E-state index in [4.69, 9.17) is 9.84 Å². The lowest BCUT2D eigenvalue weighted by Crippen LogP contribution is -2.35. The lowest BCUT2D eigenvalue weighted by Gasteiger charge is -2.13. The smallest absolute Gasteiger partial charge is 0.343 e. The van der Waals surface area contributed by atoms with E-state index < -0.39 is 28.6 Å². The summed E-state index contributed by atoms with van der Waals surface area (Å²) in [5, 5.41) is 22.8. The van der Waals surface area contributed by atoms with Crippen molar-refractivity contribution in [2.75, 3.05) is 6.61 Å². The molecular formula is C13H16N2O6. The third-order valence-corrected chi connectivity index (χ3v) is 2.78. The first kappa shape index (κ1) is 16.6. The summed E-state index contributed by atoms with van der Waals surface area (Å²) in [5.41, 5.74) is -0.635. The van der Waals surface area contributed by atoms with E-state index in [-0.39, 0.29) is 24.3 Å². The third kappa shape index (κ3) is 4.25. The van der Waals surface area contributed by atoms with Gasteiger partial charge in [0.15, 0.2) is 0 Å². The van der Waals surface area contributed by atoms with Crippen LogP contribution in [0.4, 0.5) is 5.69 Å². The van der Waals surface area contributed by atoms with Crippen molar-refractivity contribution >= 4 is 17.6 Å². The SMILES string of the molecule is CCOC(=O)C(C)NCc1cccc([N+](=O)[O-])c1C(=O)O. The molecule has 0 aromatic heterocycles. The molecule has 0 aliphatic heterocycles. The molecule has 2 N–H and O–H groups in total. The van der Waals surface area contributed by atoms with Crippen molar-refractivity contribution in [3.05, 3.63) is 39.4 Å². The van der Waals surface area contributed by atoms with Crippen molar-refractivity contribution in [3.63, 3.8) is 0 Å². The number of hydrogen-bond donors (Lipinski definition) is 2. The Balaban J connectivity index is 2.94. The first-order valence-electron chi connectivity index (χ1n) is 6.28. The Hall–Kier alpha value is -2.48. The Labute approximate surface area is 120 Å². The van der Waals surface area contributed by atoms with Crippen LogP contribution in [0, 0.1) is 10.1 Å². The Morgan fingerprint density at radius 1 is 1.48 bits per heavy atom. The number of hydrogen-bond acceptors (Lipinski definition) is 6. The highest BCUT2D eigenvalue weighted by Crippen LogP contribution is 2.22. The first-order valence-corrected chi connectivity index (χ1v) is 6.28. The summed E-state index contributed by atoms with van der Waals surface area (Å²) in [6.45, 7) is 3.48. The molecule has 0 heterocycles. The molecule has 1 aromatic rings. The summed E-state index contributed by atoms with van der Waals surface area (Å²) in [6.07, 6.45) is 0. The highest BCUT2D eigenvalue weighted by molar-refractivity contribution is 5.94. The van der Waals surface area contributed by atoms with E-state index in [2.05, 4.69) is 5.32 Å². The number of carbonyl (C=O) groups excluding carboxylic acids is 1. The predicted molar refractivity (Wildman–Crippen MR) is 73.0 cm³/mol. The van der Waals surface area contributed by atoms with Gasteiger partial charge in [0.25, 0.3) is 5.69 Å². The quantitative estimate of drug-likeness (QED) is 0.442. The van der Waals surface area contributed by atoms with Crippen LogP contribution in [0.2, 0.25) is 0 Å². The molecule has 1 aromatic carbocycles. The van der Waals surface area contributed by atoms with Crippen LogP contribution in [0.5, 0.6) is 0 Å². The molecule has 0 spiro atoms. The number of carboxylic acid groups (broad SMARTS) is 1. The van der Waals surface area contributed by atoms with Crippen molar-refractivity contribution < 1.29 is 24.4 Å².